The van der Waals surface area contributed by atoms with Gasteiger partial charge in [0, 0.05) is 0 Å². The Morgan fingerprint density at radius 2 is 2.22 bits per heavy atom. The van der Waals surface area contributed by atoms with E-state index in [0.717, 1.165) is 30.4 Å². The third kappa shape index (κ3) is 2.25. The molecule has 2 aliphatic rings. The van der Waals surface area contributed by atoms with E-state index in [-0.39, 0.29) is 5.97 Å². The molecule has 5 heteroatoms. The van der Waals surface area contributed by atoms with Gasteiger partial charge in [0.25, 0.3) is 0 Å². The van der Waals surface area contributed by atoms with Crippen LogP contribution in [0.5, 0.6) is 0 Å². The number of esters is 2. The van der Waals surface area contributed by atoms with E-state index in [1.165, 1.54) is 7.11 Å². The molecule has 0 aromatic heterocycles. The van der Waals surface area contributed by atoms with Gasteiger partial charge in [-0.2, -0.15) is 0 Å². The lowest BCUT2D eigenvalue weighted by molar-refractivity contribution is -0.144. The molecule has 0 saturated carbocycles. The fourth-order valence-electron chi connectivity index (χ4n) is 2.40. The average Bonchev–Trinajstić information content (AvgIpc) is 2.84. The summed E-state index contributed by atoms with van der Waals surface area (Å²) >= 11 is 0. The van der Waals surface area contributed by atoms with Crippen LogP contribution in [0.15, 0.2) is 22.9 Å². The Kier molecular flexibility index (Phi) is 3.69. The van der Waals surface area contributed by atoms with Crippen LogP contribution in [0.25, 0.3) is 0 Å². The highest BCUT2D eigenvalue weighted by Gasteiger charge is 2.34. The number of hydrogen-bond donors (Lipinski definition) is 1. The zero-order chi connectivity index (χ0) is 13.1. The van der Waals surface area contributed by atoms with Crippen LogP contribution in [0.2, 0.25) is 0 Å². The van der Waals surface area contributed by atoms with E-state index in [1.807, 2.05) is 0 Å². The smallest absolute Gasteiger partial charge is 0.354 e. The number of allylic oxidation sites excluding steroid dienone is 2. The van der Waals surface area contributed by atoms with Crippen molar-refractivity contribution in [1.29, 1.82) is 0 Å². The first kappa shape index (κ1) is 12.7. The molecule has 1 unspecified atom stereocenters. The van der Waals surface area contributed by atoms with E-state index < -0.39 is 12.0 Å². The topological polar surface area (TPSA) is 64.6 Å². The molecule has 98 valence electrons. The molecule has 0 amide bonds. The van der Waals surface area contributed by atoms with Gasteiger partial charge < -0.3 is 14.8 Å². The molecular formula is C13H17NO4. The van der Waals surface area contributed by atoms with Gasteiger partial charge in [0.15, 0.2) is 0 Å². The first-order chi connectivity index (χ1) is 8.67. The molecule has 1 N–H and O–H groups in total. The van der Waals surface area contributed by atoms with Crippen LogP contribution in [-0.4, -0.2) is 31.7 Å². The molecule has 0 saturated heterocycles. The average molecular weight is 251 g/mol. The molecule has 1 heterocycles. The van der Waals surface area contributed by atoms with Gasteiger partial charge in [-0.05, 0) is 43.4 Å². The number of carbonyl (C=O) groups is 2. The Bertz CT molecular complexity index is 436. The lowest BCUT2D eigenvalue weighted by atomic mass is 9.98. The molecule has 18 heavy (non-hydrogen) atoms. The largest absolute Gasteiger partial charge is 0.464 e. The highest BCUT2D eigenvalue weighted by molar-refractivity contribution is 5.92. The fourth-order valence-corrected chi connectivity index (χ4v) is 2.40. The number of ether oxygens (including phenoxy) is 2. The zero-order valence-electron chi connectivity index (χ0n) is 10.6. The monoisotopic (exact) mass is 251 g/mol. The van der Waals surface area contributed by atoms with Crippen molar-refractivity contribution in [2.24, 2.45) is 0 Å². The second-order valence-corrected chi connectivity index (χ2v) is 4.28. The van der Waals surface area contributed by atoms with Crippen molar-refractivity contribution in [2.45, 2.75) is 32.2 Å². The van der Waals surface area contributed by atoms with Crippen LogP contribution in [0.1, 0.15) is 26.2 Å². The minimum Gasteiger partial charge on any atom is -0.464 e. The van der Waals surface area contributed by atoms with Crippen molar-refractivity contribution >= 4 is 11.9 Å². The Labute approximate surface area is 106 Å². The van der Waals surface area contributed by atoms with Crippen molar-refractivity contribution in [3.63, 3.8) is 0 Å². The van der Waals surface area contributed by atoms with Crippen LogP contribution >= 0.6 is 0 Å². The summed E-state index contributed by atoms with van der Waals surface area (Å²) in [5.74, 6) is -0.788. The summed E-state index contributed by atoms with van der Waals surface area (Å²) in [6.07, 6.45) is 4.56. The molecule has 0 aromatic rings. The number of dihydropyridines is 1. The predicted molar refractivity (Wildman–Crippen MR) is 64.5 cm³/mol. The summed E-state index contributed by atoms with van der Waals surface area (Å²) < 4.78 is 9.72. The molecule has 0 spiro atoms. The Morgan fingerprint density at radius 3 is 2.89 bits per heavy atom. The van der Waals surface area contributed by atoms with Crippen molar-refractivity contribution in [2.75, 3.05) is 13.7 Å². The van der Waals surface area contributed by atoms with Gasteiger partial charge in [-0.3, -0.25) is 0 Å². The summed E-state index contributed by atoms with van der Waals surface area (Å²) in [6.45, 7) is 2.10. The number of nitrogens with one attached hydrogen (secondary N) is 1. The van der Waals surface area contributed by atoms with E-state index in [1.54, 1.807) is 13.0 Å². The molecule has 5 nitrogen and oxygen atoms in total. The van der Waals surface area contributed by atoms with Gasteiger partial charge in [0.05, 0.1) is 13.7 Å². The molecule has 0 radical (unpaired) electrons. The summed E-state index contributed by atoms with van der Waals surface area (Å²) in [4.78, 5) is 23.5. The third-order valence-electron chi connectivity index (χ3n) is 3.20. The normalized spacial score (nSPS) is 21.9. The minimum absolute atomic E-state index is 0.330. The molecule has 0 bridgehead atoms. The number of carbonyl (C=O) groups excluding carboxylic acids is 2. The van der Waals surface area contributed by atoms with E-state index in [2.05, 4.69) is 10.1 Å². The van der Waals surface area contributed by atoms with Crippen LogP contribution in [0, 0.1) is 0 Å². The first-order valence-electron chi connectivity index (χ1n) is 6.12. The third-order valence-corrected chi connectivity index (χ3v) is 3.20. The molecule has 1 aliphatic heterocycles. The highest BCUT2D eigenvalue weighted by Crippen LogP contribution is 2.33. The van der Waals surface area contributed by atoms with E-state index in [9.17, 15) is 9.59 Å². The quantitative estimate of drug-likeness (QED) is 0.760. The van der Waals surface area contributed by atoms with Crippen molar-refractivity contribution in [1.82, 2.24) is 5.32 Å². The SMILES string of the molecule is CCOC(=O)C1NC(C(=O)OC)=CC2=C1CCC2. The van der Waals surface area contributed by atoms with E-state index >= 15 is 0 Å². The molecule has 1 aliphatic carbocycles. The van der Waals surface area contributed by atoms with Crippen molar-refractivity contribution in [3.05, 3.63) is 22.9 Å². The molecular weight excluding hydrogens is 234 g/mol. The van der Waals surface area contributed by atoms with Crippen LogP contribution in [0.3, 0.4) is 0 Å². The van der Waals surface area contributed by atoms with Gasteiger partial charge in [0.1, 0.15) is 11.7 Å². The van der Waals surface area contributed by atoms with Gasteiger partial charge >= 0.3 is 11.9 Å². The Morgan fingerprint density at radius 1 is 1.44 bits per heavy atom. The summed E-state index contributed by atoms with van der Waals surface area (Å²) in [5, 5.41) is 2.91. The molecule has 0 fully saturated rings. The van der Waals surface area contributed by atoms with Gasteiger partial charge in [-0.1, -0.05) is 0 Å². The van der Waals surface area contributed by atoms with Gasteiger partial charge in [0.2, 0.25) is 0 Å². The van der Waals surface area contributed by atoms with Gasteiger partial charge in [-0.25, -0.2) is 9.59 Å². The number of rotatable bonds is 3. The predicted octanol–water partition coefficient (Wildman–Crippen LogP) is 1.06. The second-order valence-electron chi connectivity index (χ2n) is 4.28. The second kappa shape index (κ2) is 5.25. The molecule has 0 aromatic carbocycles. The van der Waals surface area contributed by atoms with E-state index in [0.29, 0.717) is 12.3 Å². The maximum absolute atomic E-state index is 11.9. The highest BCUT2D eigenvalue weighted by atomic mass is 16.5. The maximum atomic E-state index is 11.9. The molecule has 2 rings (SSSR count). The Hall–Kier alpha value is -1.78. The fraction of sp³-hybridized carbons (Fsp3) is 0.538. The number of hydrogen-bond acceptors (Lipinski definition) is 5. The summed E-state index contributed by atoms with van der Waals surface area (Å²) in [6, 6.07) is -0.540. The van der Waals surface area contributed by atoms with Gasteiger partial charge in [-0.15, -0.1) is 0 Å². The summed E-state index contributed by atoms with van der Waals surface area (Å²) in [7, 11) is 1.32. The standard InChI is InChI=1S/C13H17NO4/c1-3-18-13(16)11-9-6-4-5-8(9)7-10(14-11)12(15)17-2/h7,11,14H,3-6H2,1-2H3. The Balaban J connectivity index is 2.26. The minimum atomic E-state index is -0.540. The van der Waals surface area contributed by atoms with Crippen LogP contribution < -0.4 is 5.32 Å². The van der Waals surface area contributed by atoms with E-state index in [4.69, 9.17) is 4.74 Å². The first-order valence-corrected chi connectivity index (χ1v) is 6.12. The molecule has 1 atom stereocenters. The lowest BCUT2D eigenvalue weighted by Gasteiger charge is -2.25. The lowest BCUT2D eigenvalue weighted by Crippen LogP contribution is -2.43. The summed E-state index contributed by atoms with van der Waals surface area (Å²) in [5.41, 5.74) is 2.43. The van der Waals surface area contributed by atoms with Crippen molar-refractivity contribution < 1.29 is 19.1 Å². The van der Waals surface area contributed by atoms with Crippen LogP contribution in [0.4, 0.5) is 0 Å². The zero-order valence-corrected chi connectivity index (χ0v) is 10.6. The number of methoxy groups -OCH3 is 1. The maximum Gasteiger partial charge on any atom is 0.354 e. The van der Waals surface area contributed by atoms with Crippen LogP contribution in [-0.2, 0) is 19.1 Å². The van der Waals surface area contributed by atoms with Crippen molar-refractivity contribution in [3.8, 4) is 0 Å².